The van der Waals surface area contributed by atoms with Gasteiger partial charge in [-0.1, -0.05) is 77.6 Å². The van der Waals surface area contributed by atoms with Crippen molar-refractivity contribution in [3.63, 3.8) is 0 Å². The summed E-state index contributed by atoms with van der Waals surface area (Å²) in [5, 5.41) is 31.6. The van der Waals surface area contributed by atoms with Gasteiger partial charge in [-0.2, -0.15) is 0 Å². The first-order valence-electron chi connectivity index (χ1n) is 10.2. The van der Waals surface area contributed by atoms with Crippen LogP contribution < -0.4 is 5.32 Å². The van der Waals surface area contributed by atoms with E-state index in [0.717, 1.165) is 12.8 Å². The standard InChI is InChI=1S/C20H41NO4/c1-3-4-5-6-7-8-9-10-11-12-13-14-18(24)15-20(25)19(16-22)21-17(2)23/h18-20,22,24-25H,3-16H2,1-2H3,(H,21,23)/t18-,19-,20-/m0/s1. The maximum atomic E-state index is 11.0. The molecule has 5 heteroatoms. The van der Waals surface area contributed by atoms with Crippen LogP contribution in [0.15, 0.2) is 0 Å². The quantitative estimate of drug-likeness (QED) is 0.300. The zero-order valence-corrected chi connectivity index (χ0v) is 16.4. The summed E-state index contributed by atoms with van der Waals surface area (Å²) in [5.41, 5.74) is 0. The minimum atomic E-state index is -0.920. The first-order valence-corrected chi connectivity index (χ1v) is 10.2. The molecule has 25 heavy (non-hydrogen) atoms. The van der Waals surface area contributed by atoms with Crippen molar-refractivity contribution in [1.82, 2.24) is 5.32 Å². The Balaban J connectivity index is 3.54. The van der Waals surface area contributed by atoms with Crippen molar-refractivity contribution >= 4 is 5.91 Å². The number of hydrogen-bond donors (Lipinski definition) is 4. The van der Waals surface area contributed by atoms with E-state index in [9.17, 15) is 20.1 Å². The Labute approximate surface area is 154 Å². The number of aliphatic hydroxyl groups excluding tert-OH is 3. The van der Waals surface area contributed by atoms with Gasteiger partial charge in [0.15, 0.2) is 0 Å². The smallest absolute Gasteiger partial charge is 0.217 e. The van der Waals surface area contributed by atoms with Crippen LogP contribution in [-0.4, -0.2) is 46.1 Å². The fourth-order valence-electron chi connectivity index (χ4n) is 3.13. The third-order valence-electron chi connectivity index (χ3n) is 4.70. The van der Waals surface area contributed by atoms with Crippen molar-refractivity contribution in [2.24, 2.45) is 0 Å². The minimum absolute atomic E-state index is 0.184. The number of hydrogen-bond acceptors (Lipinski definition) is 4. The maximum absolute atomic E-state index is 11.0. The molecule has 0 saturated heterocycles. The summed E-state index contributed by atoms with van der Waals surface area (Å²) in [7, 11) is 0. The van der Waals surface area contributed by atoms with E-state index in [4.69, 9.17) is 0 Å². The Kier molecular flexibility index (Phi) is 16.4. The monoisotopic (exact) mass is 359 g/mol. The first kappa shape index (κ1) is 24.4. The van der Waals surface area contributed by atoms with Gasteiger partial charge in [0, 0.05) is 13.3 Å². The summed E-state index contributed by atoms with van der Waals surface area (Å²) in [6.45, 7) is 3.26. The van der Waals surface area contributed by atoms with Crippen LogP contribution in [0.3, 0.4) is 0 Å². The summed E-state index contributed by atoms with van der Waals surface area (Å²) in [5.74, 6) is -0.294. The molecule has 5 nitrogen and oxygen atoms in total. The van der Waals surface area contributed by atoms with E-state index in [1.165, 1.54) is 64.7 Å². The SMILES string of the molecule is CCCCCCCCCCCCC[C@H](O)C[C@H](O)[C@H](CO)NC(C)=O. The van der Waals surface area contributed by atoms with Crippen molar-refractivity contribution in [2.45, 2.75) is 116 Å². The summed E-state index contributed by atoms with van der Waals surface area (Å²) >= 11 is 0. The molecule has 0 radical (unpaired) electrons. The van der Waals surface area contributed by atoms with Gasteiger partial charge < -0.3 is 20.6 Å². The predicted octanol–water partition coefficient (Wildman–Crippen LogP) is 3.30. The zero-order valence-electron chi connectivity index (χ0n) is 16.4. The van der Waals surface area contributed by atoms with E-state index in [0.29, 0.717) is 6.42 Å². The molecular formula is C20H41NO4. The Morgan fingerprint density at radius 2 is 1.36 bits per heavy atom. The molecule has 0 heterocycles. The second kappa shape index (κ2) is 16.8. The van der Waals surface area contributed by atoms with Crippen molar-refractivity contribution < 1.29 is 20.1 Å². The number of rotatable bonds is 17. The number of unbranched alkanes of at least 4 members (excludes halogenated alkanes) is 10. The number of nitrogens with one attached hydrogen (secondary N) is 1. The van der Waals surface area contributed by atoms with Crippen LogP contribution >= 0.6 is 0 Å². The average Bonchev–Trinajstić information content (AvgIpc) is 2.57. The van der Waals surface area contributed by atoms with Crippen LogP contribution in [0.4, 0.5) is 0 Å². The number of carbonyl (C=O) groups is 1. The summed E-state index contributed by atoms with van der Waals surface area (Å²) in [4.78, 5) is 11.0. The molecule has 0 aromatic rings. The lowest BCUT2D eigenvalue weighted by molar-refractivity contribution is -0.121. The zero-order chi connectivity index (χ0) is 18.9. The van der Waals surface area contributed by atoms with Crippen molar-refractivity contribution in [1.29, 1.82) is 0 Å². The van der Waals surface area contributed by atoms with Crippen LogP contribution in [0, 0.1) is 0 Å². The van der Waals surface area contributed by atoms with Gasteiger partial charge in [-0.25, -0.2) is 0 Å². The predicted molar refractivity (Wildman–Crippen MR) is 102 cm³/mol. The van der Waals surface area contributed by atoms with Gasteiger partial charge in [0.2, 0.25) is 5.91 Å². The van der Waals surface area contributed by atoms with E-state index in [-0.39, 0.29) is 18.9 Å². The lowest BCUT2D eigenvalue weighted by atomic mass is 9.99. The fourth-order valence-corrected chi connectivity index (χ4v) is 3.13. The molecule has 150 valence electrons. The first-order chi connectivity index (χ1) is 12.0. The topological polar surface area (TPSA) is 89.8 Å². The van der Waals surface area contributed by atoms with E-state index >= 15 is 0 Å². The van der Waals surface area contributed by atoms with Gasteiger partial charge in [-0.05, 0) is 6.42 Å². The number of carbonyl (C=O) groups excluding carboxylic acids is 1. The van der Waals surface area contributed by atoms with Gasteiger partial charge in [0.25, 0.3) is 0 Å². The van der Waals surface area contributed by atoms with E-state index in [1.807, 2.05) is 0 Å². The van der Waals surface area contributed by atoms with Gasteiger partial charge in [0.05, 0.1) is 24.9 Å². The molecule has 0 saturated carbocycles. The third kappa shape index (κ3) is 15.3. The highest BCUT2D eigenvalue weighted by Gasteiger charge is 2.22. The van der Waals surface area contributed by atoms with Gasteiger partial charge in [-0.3, -0.25) is 4.79 Å². The van der Waals surface area contributed by atoms with E-state index < -0.39 is 18.2 Å². The van der Waals surface area contributed by atoms with Crippen molar-refractivity contribution in [3.8, 4) is 0 Å². The number of aliphatic hydroxyl groups is 3. The Bertz CT molecular complexity index is 312. The molecule has 0 aliphatic heterocycles. The number of amides is 1. The maximum Gasteiger partial charge on any atom is 0.217 e. The van der Waals surface area contributed by atoms with E-state index in [2.05, 4.69) is 12.2 Å². The van der Waals surface area contributed by atoms with Crippen LogP contribution in [-0.2, 0) is 4.79 Å². The highest BCUT2D eigenvalue weighted by atomic mass is 16.3. The summed E-state index contributed by atoms with van der Waals surface area (Å²) in [6.07, 6.45) is 13.3. The normalized spacial score (nSPS) is 14.9. The molecule has 0 spiro atoms. The molecule has 0 fully saturated rings. The van der Waals surface area contributed by atoms with Crippen molar-refractivity contribution in [2.75, 3.05) is 6.61 Å². The molecular weight excluding hydrogens is 318 g/mol. The molecule has 3 atom stereocenters. The second-order valence-corrected chi connectivity index (χ2v) is 7.27. The van der Waals surface area contributed by atoms with Crippen molar-refractivity contribution in [3.05, 3.63) is 0 Å². The molecule has 0 aliphatic carbocycles. The largest absolute Gasteiger partial charge is 0.394 e. The van der Waals surface area contributed by atoms with Crippen LogP contribution in [0.1, 0.15) is 97.3 Å². The second-order valence-electron chi connectivity index (χ2n) is 7.27. The lowest BCUT2D eigenvalue weighted by Crippen LogP contribution is -2.46. The molecule has 0 aromatic heterocycles. The van der Waals surface area contributed by atoms with Crippen LogP contribution in [0.25, 0.3) is 0 Å². The molecule has 0 rings (SSSR count). The molecule has 0 aliphatic rings. The molecule has 0 bridgehead atoms. The fraction of sp³-hybridized carbons (Fsp3) is 0.950. The average molecular weight is 360 g/mol. The molecule has 0 unspecified atom stereocenters. The van der Waals surface area contributed by atoms with Crippen LogP contribution in [0.2, 0.25) is 0 Å². The molecule has 1 amide bonds. The molecule has 4 N–H and O–H groups in total. The highest BCUT2D eigenvalue weighted by molar-refractivity contribution is 5.73. The summed E-state index contributed by atoms with van der Waals surface area (Å²) < 4.78 is 0. The van der Waals surface area contributed by atoms with Gasteiger partial charge in [-0.15, -0.1) is 0 Å². The van der Waals surface area contributed by atoms with Gasteiger partial charge in [0.1, 0.15) is 0 Å². The Hall–Kier alpha value is -0.650. The summed E-state index contributed by atoms with van der Waals surface area (Å²) in [6, 6.07) is -0.704. The Morgan fingerprint density at radius 1 is 0.880 bits per heavy atom. The Morgan fingerprint density at radius 3 is 1.80 bits per heavy atom. The molecule has 0 aromatic carbocycles. The van der Waals surface area contributed by atoms with E-state index in [1.54, 1.807) is 0 Å². The van der Waals surface area contributed by atoms with Gasteiger partial charge >= 0.3 is 0 Å². The van der Waals surface area contributed by atoms with Crippen LogP contribution in [0.5, 0.6) is 0 Å². The highest BCUT2D eigenvalue weighted by Crippen LogP contribution is 2.14. The minimum Gasteiger partial charge on any atom is -0.394 e. The lowest BCUT2D eigenvalue weighted by Gasteiger charge is -2.23. The third-order valence-corrected chi connectivity index (χ3v) is 4.70.